The average Bonchev–Trinajstić information content (AvgIpc) is 3.07. The zero-order chi connectivity index (χ0) is 18.5. The van der Waals surface area contributed by atoms with E-state index in [1.54, 1.807) is 24.3 Å². The summed E-state index contributed by atoms with van der Waals surface area (Å²) in [5.41, 5.74) is 1.61. The Morgan fingerprint density at radius 2 is 1.96 bits per heavy atom. The van der Waals surface area contributed by atoms with Gasteiger partial charge in [-0.3, -0.25) is 4.79 Å². The van der Waals surface area contributed by atoms with Crippen LogP contribution in [-0.4, -0.2) is 5.78 Å². The molecule has 3 aromatic rings. The van der Waals surface area contributed by atoms with Crippen molar-refractivity contribution in [1.82, 2.24) is 0 Å². The highest BCUT2D eigenvalue weighted by Crippen LogP contribution is 2.20. The van der Waals surface area contributed by atoms with Gasteiger partial charge in [-0.15, -0.1) is 0 Å². The highest BCUT2D eigenvalue weighted by molar-refractivity contribution is 6.06. The van der Waals surface area contributed by atoms with Crippen molar-refractivity contribution in [3.05, 3.63) is 95.0 Å². The lowest BCUT2D eigenvalue weighted by atomic mass is 10.1. The van der Waals surface area contributed by atoms with E-state index in [0.717, 1.165) is 17.7 Å². The van der Waals surface area contributed by atoms with Crippen LogP contribution in [0.25, 0.3) is 6.08 Å². The van der Waals surface area contributed by atoms with E-state index in [1.165, 1.54) is 12.1 Å². The summed E-state index contributed by atoms with van der Waals surface area (Å²) < 4.78 is 37.2. The van der Waals surface area contributed by atoms with Crippen molar-refractivity contribution in [2.45, 2.75) is 13.5 Å². The van der Waals surface area contributed by atoms with E-state index in [1.807, 2.05) is 25.1 Å². The lowest BCUT2D eigenvalue weighted by Crippen LogP contribution is -1.96. The first-order valence-electron chi connectivity index (χ1n) is 7.97. The van der Waals surface area contributed by atoms with Gasteiger partial charge in [0.15, 0.2) is 17.3 Å². The van der Waals surface area contributed by atoms with Gasteiger partial charge in [-0.05, 0) is 49.4 Å². The largest absolute Gasteiger partial charge is 0.483 e. The molecule has 5 heteroatoms. The van der Waals surface area contributed by atoms with E-state index in [9.17, 15) is 13.6 Å². The predicted octanol–water partition coefficient (Wildman–Crippen LogP) is 5.34. The Morgan fingerprint density at radius 1 is 1.12 bits per heavy atom. The van der Waals surface area contributed by atoms with Crippen LogP contribution in [0.2, 0.25) is 0 Å². The second-order valence-corrected chi connectivity index (χ2v) is 5.73. The zero-order valence-corrected chi connectivity index (χ0v) is 14.0. The standard InChI is InChI=1S/C21H16F2O3/c1-14-3-2-4-15(11-14)20(24)9-8-17-6-7-18(26-17)13-25-21-10-5-16(22)12-19(21)23/h2-12H,13H2,1H3/b9-8+. The highest BCUT2D eigenvalue weighted by Gasteiger charge is 2.07. The molecule has 3 nitrogen and oxygen atoms in total. The van der Waals surface area contributed by atoms with Crippen LogP contribution in [0.4, 0.5) is 8.78 Å². The summed E-state index contributed by atoms with van der Waals surface area (Å²) >= 11 is 0. The molecule has 0 spiro atoms. The number of allylic oxidation sites excluding steroid dienone is 1. The van der Waals surface area contributed by atoms with Crippen LogP contribution in [0.5, 0.6) is 5.75 Å². The number of hydrogen-bond donors (Lipinski definition) is 0. The minimum Gasteiger partial charge on any atom is -0.483 e. The Hall–Kier alpha value is -3.21. The number of ketones is 1. The number of rotatable bonds is 6. The Morgan fingerprint density at radius 3 is 2.73 bits per heavy atom. The number of carbonyl (C=O) groups excluding carboxylic acids is 1. The van der Waals surface area contributed by atoms with Crippen LogP contribution in [0.15, 0.2) is 65.1 Å². The molecule has 26 heavy (non-hydrogen) atoms. The fraction of sp³-hybridized carbons (Fsp3) is 0.0952. The fourth-order valence-electron chi connectivity index (χ4n) is 2.36. The Bertz CT molecular complexity index is 957. The van der Waals surface area contributed by atoms with Crippen molar-refractivity contribution >= 4 is 11.9 Å². The minimum atomic E-state index is -0.777. The zero-order valence-electron chi connectivity index (χ0n) is 14.0. The first-order valence-corrected chi connectivity index (χ1v) is 7.97. The molecule has 0 unspecified atom stereocenters. The molecule has 0 N–H and O–H groups in total. The Labute approximate surface area is 149 Å². The quantitative estimate of drug-likeness (QED) is 0.443. The molecular weight excluding hydrogens is 338 g/mol. The number of furan rings is 1. The molecule has 0 aliphatic carbocycles. The van der Waals surface area contributed by atoms with Gasteiger partial charge in [0.25, 0.3) is 0 Å². The van der Waals surface area contributed by atoms with E-state index < -0.39 is 11.6 Å². The molecule has 0 saturated carbocycles. The van der Waals surface area contributed by atoms with Gasteiger partial charge in [0, 0.05) is 11.6 Å². The Balaban J connectivity index is 1.61. The lowest BCUT2D eigenvalue weighted by molar-refractivity contribution is 0.104. The first kappa shape index (κ1) is 17.6. The molecule has 0 amide bonds. The minimum absolute atomic E-state index is 0.0117. The maximum absolute atomic E-state index is 13.5. The van der Waals surface area contributed by atoms with E-state index in [2.05, 4.69) is 0 Å². The van der Waals surface area contributed by atoms with Crippen LogP contribution < -0.4 is 4.74 Å². The third kappa shape index (κ3) is 4.45. The van der Waals surface area contributed by atoms with Gasteiger partial charge in [-0.2, -0.15) is 0 Å². The second-order valence-electron chi connectivity index (χ2n) is 5.73. The molecule has 2 aromatic carbocycles. The van der Waals surface area contributed by atoms with Crippen LogP contribution >= 0.6 is 0 Å². The molecular formula is C21H16F2O3. The smallest absolute Gasteiger partial charge is 0.185 e. The van der Waals surface area contributed by atoms with Crippen LogP contribution in [0, 0.1) is 18.6 Å². The maximum atomic E-state index is 13.5. The lowest BCUT2D eigenvalue weighted by Gasteiger charge is -2.05. The molecule has 0 fully saturated rings. The molecule has 1 heterocycles. The molecule has 0 aliphatic rings. The van der Waals surface area contributed by atoms with E-state index >= 15 is 0 Å². The molecule has 132 valence electrons. The van der Waals surface area contributed by atoms with Gasteiger partial charge in [0.05, 0.1) is 0 Å². The predicted molar refractivity (Wildman–Crippen MR) is 93.9 cm³/mol. The van der Waals surface area contributed by atoms with Crippen molar-refractivity contribution in [3.63, 3.8) is 0 Å². The van der Waals surface area contributed by atoms with Crippen LogP contribution in [-0.2, 0) is 6.61 Å². The number of ether oxygens (including phenoxy) is 1. The summed E-state index contributed by atoms with van der Waals surface area (Å²) in [7, 11) is 0. The maximum Gasteiger partial charge on any atom is 0.185 e. The molecule has 0 aliphatic heterocycles. The van der Waals surface area contributed by atoms with Gasteiger partial charge < -0.3 is 9.15 Å². The molecule has 3 rings (SSSR count). The number of hydrogen-bond acceptors (Lipinski definition) is 3. The van der Waals surface area contributed by atoms with Gasteiger partial charge in [0.1, 0.15) is 23.9 Å². The number of carbonyl (C=O) groups is 1. The highest BCUT2D eigenvalue weighted by atomic mass is 19.1. The topological polar surface area (TPSA) is 39.4 Å². The van der Waals surface area contributed by atoms with Crippen molar-refractivity contribution < 1.29 is 22.7 Å². The molecule has 0 saturated heterocycles. The SMILES string of the molecule is Cc1cccc(C(=O)/C=C/c2ccc(COc3ccc(F)cc3F)o2)c1. The molecule has 0 radical (unpaired) electrons. The second kappa shape index (κ2) is 7.78. The summed E-state index contributed by atoms with van der Waals surface area (Å²) in [5, 5.41) is 0. The molecule has 1 aromatic heterocycles. The molecule has 0 atom stereocenters. The average molecular weight is 354 g/mol. The van der Waals surface area contributed by atoms with E-state index in [0.29, 0.717) is 17.1 Å². The van der Waals surface area contributed by atoms with Crippen molar-refractivity contribution in [3.8, 4) is 5.75 Å². The summed E-state index contributed by atoms with van der Waals surface area (Å²) in [6, 6.07) is 13.7. The van der Waals surface area contributed by atoms with Gasteiger partial charge >= 0.3 is 0 Å². The molecule has 0 bridgehead atoms. The van der Waals surface area contributed by atoms with Crippen LogP contribution in [0.3, 0.4) is 0 Å². The fourth-order valence-corrected chi connectivity index (χ4v) is 2.36. The monoisotopic (exact) mass is 354 g/mol. The third-order valence-corrected chi connectivity index (χ3v) is 3.65. The van der Waals surface area contributed by atoms with Crippen LogP contribution in [0.1, 0.15) is 27.4 Å². The summed E-state index contributed by atoms with van der Waals surface area (Å²) in [4.78, 5) is 12.1. The number of aryl methyl sites for hydroxylation is 1. The summed E-state index contributed by atoms with van der Waals surface area (Å²) in [6.45, 7) is 1.91. The number of halogens is 2. The first-order chi connectivity index (χ1) is 12.5. The van der Waals surface area contributed by atoms with Crippen molar-refractivity contribution in [2.75, 3.05) is 0 Å². The van der Waals surface area contributed by atoms with E-state index in [-0.39, 0.29) is 18.1 Å². The van der Waals surface area contributed by atoms with Crippen molar-refractivity contribution in [2.24, 2.45) is 0 Å². The van der Waals surface area contributed by atoms with Gasteiger partial charge in [-0.25, -0.2) is 8.78 Å². The normalized spacial score (nSPS) is 11.0. The van der Waals surface area contributed by atoms with E-state index in [4.69, 9.17) is 9.15 Å². The summed E-state index contributed by atoms with van der Waals surface area (Å²) in [5.74, 6) is -0.703. The van der Waals surface area contributed by atoms with Gasteiger partial charge in [-0.1, -0.05) is 23.8 Å². The Kier molecular flexibility index (Phi) is 5.27. The summed E-state index contributed by atoms with van der Waals surface area (Å²) in [6.07, 6.45) is 2.99. The number of benzene rings is 2. The van der Waals surface area contributed by atoms with Crippen molar-refractivity contribution in [1.29, 1.82) is 0 Å². The third-order valence-electron chi connectivity index (χ3n) is 3.65. The van der Waals surface area contributed by atoms with Gasteiger partial charge in [0.2, 0.25) is 0 Å².